The third-order valence-corrected chi connectivity index (χ3v) is 6.68. The first kappa shape index (κ1) is 20.8. The molecule has 3 aliphatic heterocycles. The van der Waals surface area contributed by atoms with E-state index in [1.165, 1.54) is 4.90 Å². The molecule has 2 unspecified atom stereocenters. The number of carbonyl (C=O) groups is 3. The molecular weight excluding hydrogens is 412 g/mol. The molecule has 10 nitrogen and oxygen atoms in total. The van der Waals surface area contributed by atoms with E-state index < -0.39 is 11.9 Å². The van der Waals surface area contributed by atoms with Gasteiger partial charge in [-0.05, 0) is 43.5 Å². The number of carbonyl (C=O) groups excluding carboxylic acids is 3. The summed E-state index contributed by atoms with van der Waals surface area (Å²) in [5.41, 5.74) is 2.99. The first-order valence-corrected chi connectivity index (χ1v) is 11.1. The lowest BCUT2D eigenvalue weighted by atomic mass is 10.0. The van der Waals surface area contributed by atoms with Gasteiger partial charge in [0, 0.05) is 37.5 Å². The Hall–Kier alpha value is -3.11. The quantitative estimate of drug-likeness (QED) is 0.611. The van der Waals surface area contributed by atoms with Crippen molar-refractivity contribution >= 4 is 17.7 Å². The predicted molar refractivity (Wildman–Crippen MR) is 113 cm³/mol. The van der Waals surface area contributed by atoms with Crippen LogP contribution < -0.4 is 5.32 Å². The number of likely N-dealkylation sites (tertiary alicyclic amines) is 1. The smallest absolute Gasteiger partial charge is 0.255 e. The van der Waals surface area contributed by atoms with Crippen molar-refractivity contribution < 1.29 is 19.5 Å². The van der Waals surface area contributed by atoms with Gasteiger partial charge in [0.15, 0.2) is 0 Å². The highest BCUT2D eigenvalue weighted by molar-refractivity contribution is 6.05. The Morgan fingerprint density at radius 2 is 2.06 bits per heavy atom. The third kappa shape index (κ3) is 3.80. The highest BCUT2D eigenvalue weighted by Crippen LogP contribution is 2.29. The number of hydrogen-bond acceptors (Lipinski definition) is 7. The summed E-state index contributed by atoms with van der Waals surface area (Å²) < 4.78 is 1.66. The van der Waals surface area contributed by atoms with Gasteiger partial charge in [-0.1, -0.05) is 11.3 Å². The van der Waals surface area contributed by atoms with Gasteiger partial charge < -0.3 is 10.0 Å². The van der Waals surface area contributed by atoms with Crippen LogP contribution in [0.4, 0.5) is 0 Å². The summed E-state index contributed by atoms with van der Waals surface area (Å²) in [5, 5.41) is 20.3. The molecule has 0 radical (unpaired) electrons. The number of amides is 3. The van der Waals surface area contributed by atoms with Crippen molar-refractivity contribution in [1.82, 2.24) is 30.1 Å². The van der Waals surface area contributed by atoms with Gasteiger partial charge in [0.05, 0.1) is 24.2 Å². The fraction of sp³-hybridized carbons (Fsp3) is 0.500. The Morgan fingerprint density at radius 3 is 2.88 bits per heavy atom. The van der Waals surface area contributed by atoms with Crippen LogP contribution in [0.15, 0.2) is 24.4 Å². The topological polar surface area (TPSA) is 121 Å². The largest absolute Gasteiger partial charge is 0.395 e. The lowest BCUT2D eigenvalue weighted by Crippen LogP contribution is -2.52. The Bertz CT molecular complexity index is 1070. The van der Waals surface area contributed by atoms with E-state index in [-0.39, 0.29) is 30.9 Å². The molecule has 3 aliphatic rings. The highest BCUT2D eigenvalue weighted by atomic mass is 16.3. The molecule has 2 N–H and O–H groups in total. The molecule has 2 fully saturated rings. The zero-order chi connectivity index (χ0) is 22.2. The average molecular weight is 438 g/mol. The number of nitrogens with zero attached hydrogens (tertiary/aromatic N) is 5. The van der Waals surface area contributed by atoms with E-state index in [4.69, 9.17) is 0 Å². The Kier molecular flexibility index (Phi) is 5.48. The number of hydrogen-bond donors (Lipinski definition) is 2. The van der Waals surface area contributed by atoms with Crippen molar-refractivity contribution in [3.05, 3.63) is 41.2 Å². The van der Waals surface area contributed by atoms with Crippen molar-refractivity contribution in [1.29, 1.82) is 0 Å². The molecular formula is C22H26N6O4. The number of rotatable bonds is 6. The second-order valence-corrected chi connectivity index (χ2v) is 8.66. The van der Waals surface area contributed by atoms with Crippen LogP contribution in [0, 0.1) is 0 Å². The molecule has 0 saturated carbocycles. The lowest BCUT2D eigenvalue weighted by molar-refractivity contribution is -0.136. The van der Waals surface area contributed by atoms with Gasteiger partial charge in [0.2, 0.25) is 11.8 Å². The normalized spacial score (nSPS) is 23.7. The minimum atomic E-state index is -0.623. The molecule has 0 bridgehead atoms. The molecule has 1 aromatic carbocycles. The van der Waals surface area contributed by atoms with Crippen LogP contribution >= 0.6 is 0 Å². The van der Waals surface area contributed by atoms with Crippen LogP contribution in [0.3, 0.4) is 0 Å². The monoisotopic (exact) mass is 438 g/mol. The summed E-state index contributed by atoms with van der Waals surface area (Å²) in [7, 11) is 0. The molecule has 4 heterocycles. The average Bonchev–Trinajstić information content (AvgIpc) is 3.51. The molecule has 2 saturated heterocycles. The van der Waals surface area contributed by atoms with Crippen molar-refractivity contribution in [3.8, 4) is 5.69 Å². The first-order valence-electron chi connectivity index (χ1n) is 11.1. The summed E-state index contributed by atoms with van der Waals surface area (Å²) >= 11 is 0. The van der Waals surface area contributed by atoms with Gasteiger partial charge in [-0.15, -0.1) is 5.10 Å². The fourth-order valence-corrected chi connectivity index (χ4v) is 4.88. The standard InChI is InChI=1S/C22H26N6O4/c29-13-17-2-1-8-26(17)9-7-15-12-28(25-24-15)16-4-3-14-11-27(22(32)18(14)10-16)19-5-6-20(30)23-21(19)31/h3-4,10,12,17,19,29H,1-2,5-9,11,13H2,(H,23,30,31). The predicted octanol–water partition coefficient (Wildman–Crippen LogP) is 0.0275. The summed E-state index contributed by atoms with van der Waals surface area (Å²) in [6, 6.07) is 5.17. The summed E-state index contributed by atoms with van der Waals surface area (Å²) in [5.74, 6) is -0.915. The van der Waals surface area contributed by atoms with Crippen molar-refractivity contribution in [2.75, 3.05) is 19.7 Å². The molecule has 2 aromatic rings. The van der Waals surface area contributed by atoms with Crippen LogP contribution in [0.25, 0.3) is 5.69 Å². The molecule has 2 atom stereocenters. The maximum Gasteiger partial charge on any atom is 0.255 e. The maximum atomic E-state index is 13.0. The van der Waals surface area contributed by atoms with Crippen molar-refractivity contribution in [3.63, 3.8) is 0 Å². The number of benzene rings is 1. The summed E-state index contributed by atoms with van der Waals surface area (Å²) in [6.07, 6.45) is 5.32. The van der Waals surface area contributed by atoms with E-state index >= 15 is 0 Å². The second kappa shape index (κ2) is 8.44. The van der Waals surface area contributed by atoms with Gasteiger partial charge in [0.1, 0.15) is 6.04 Å². The lowest BCUT2D eigenvalue weighted by Gasteiger charge is -2.29. The summed E-state index contributed by atoms with van der Waals surface area (Å²) in [4.78, 5) is 40.5. The van der Waals surface area contributed by atoms with E-state index in [0.717, 1.165) is 49.3 Å². The molecule has 1 aromatic heterocycles. The molecule has 3 amide bonds. The third-order valence-electron chi connectivity index (χ3n) is 6.68. The number of piperidine rings is 1. The molecule has 168 valence electrons. The van der Waals surface area contributed by atoms with Crippen LogP contribution in [0.5, 0.6) is 0 Å². The zero-order valence-electron chi connectivity index (χ0n) is 17.7. The van der Waals surface area contributed by atoms with Gasteiger partial charge in [-0.2, -0.15) is 0 Å². The minimum Gasteiger partial charge on any atom is -0.395 e. The molecule has 0 spiro atoms. The van der Waals surface area contributed by atoms with Gasteiger partial charge in [-0.3, -0.25) is 24.6 Å². The zero-order valence-corrected chi connectivity index (χ0v) is 17.7. The van der Waals surface area contributed by atoms with Gasteiger partial charge >= 0.3 is 0 Å². The number of imide groups is 1. The SMILES string of the molecule is O=C1CCC(N2Cc3ccc(-n4cc(CCN5CCCC5CO)nn4)cc3C2=O)C(=O)N1. The van der Waals surface area contributed by atoms with E-state index in [9.17, 15) is 19.5 Å². The van der Waals surface area contributed by atoms with Crippen LogP contribution in [-0.4, -0.2) is 79.4 Å². The Balaban J connectivity index is 1.28. The molecule has 0 aliphatic carbocycles. The maximum absolute atomic E-state index is 13.0. The van der Waals surface area contributed by atoms with Crippen LogP contribution in [0.2, 0.25) is 0 Å². The number of nitrogens with one attached hydrogen (secondary N) is 1. The van der Waals surface area contributed by atoms with Crippen molar-refractivity contribution in [2.45, 2.75) is 50.7 Å². The number of fused-ring (bicyclic) bond motifs is 1. The fourth-order valence-electron chi connectivity index (χ4n) is 4.88. The minimum absolute atomic E-state index is 0.186. The summed E-state index contributed by atoms with van der Waals surface area (Å²) in [6.45, 7) is 2.36. The number of aromatic nitrogens is 3. The second-order valence-electron chi connectivity index (χ2n) is 8.66. The number of aliphatic hydroxyl groups excluding tert-OH is 1. The highest BCUT2D eigenvalue weighted by Gasteiger charge is 2.39. The first-order chi connectivity index (χ1) is 15.5. The van der Waals surface area contributed by atoms with E-state index in [1.54, 1.807) is 10.7 Å². The van der Waals surface area contributed by atoms with Gasteiger partial charge in [-0.25, -0.2) is 4.68 Å². The number of aliphatic hydroxyl groups is 1. The van der Waals surface area contributed by atoms with E-state index in [1.807, 2.05) is 18.3 Å². The molecule has 32 heavy (non-hydrogen) atoms. The van der Waals surface area contributed by atoms with Gasteiger partial charge in [0.25, 0.3) is 5.91 Å². The van der Waals surface area contributed by atoms with E-state index in [2.05, 4.69) is 20.5 Å². The van der Waals surface area contributed by atoms with E-state index in [0.29, 0.717) is 18.5 Å². The molecule has 10 heteroatoms. The van der Waals surface area contributed by atoms with Crippen LogP contribution in [0.1, 0.15) is 47.3 Å². The van der Waals surface area contributed by atoms with Crippen LogP contribution in [-0.2, 0) is 22.6 Å². The molecule has 5 rings (SSSR count). The Labute approximate surface area is 185 Å². The Morgan fingerprint density at radius 1 is 1.19 bits per heavy atom. The van der Waals surface area contributed by atoms with Crippen molar-refractivity contribution in [2.24, 2.45) is 0 Å².